The summed E-state index contributed by atoms with van der Waals surface area (Å²) in [4.78, 5) is 2.55. The zero-order valence-electron chi connectivity index (χ0n) is 13.1. The Hall–Kier alpha value is -0.860. The molecule has 0 saturated carbocycles. The minimum absolute atomic E-state index is 0.585. The van der Waals surface area contributed by atoms with Gasteiger partial charge in [0, 0.05) is 13.1 Å². The molecular formula is C17H30N2. The maximum atomic E-state index is 3.24. The van der Waals surface area contributed by atoms with Gasteiger partial charge in [0.15, 0.2) is 0 Å². The molecular weight excluding hydrogens is 232 g/mol. The zero-order valence-corrected chi connectivity index (χ0v) is 13.1. The third-order valence-electron chi connectivity index (χ3n) is 3.54. The predicted molar refractivity (Wildman–Crippen MR) is 84.6 cm³/mol. The van der Waals surface area contributed by atoms with Gasteiger partial charge < -0.3 is 5.32 Å². The second-order valence-electron chi connectivity index (χ2n) is 5.48. The van der Waals surface area contributed by atoms with Crippen molar-refractivity contribution in [3.05, 3.63) is 35.4 Å². The van der Waals surface area contributed by atoms with Crippen LogP contribution in [0.3, 0.4) is 0 Å². The van der Waals surface area contributed by atoms with E-state index in [0.717, 1.165) is 13.1 Å². The molecule has 0 spiro atoms. The van der Waals surface area contributed by atoms with Gasteiger partial charge in [0.05, 0.1) is 0 Å². The molecule has 0 radical (unpaired) electrons. The SMILES string of the molecule is CCCN(CCC)Cc1ccc(C(C)CNC)cc1. The van der Waals surface area contributed by atoms with Gasteiger partial charge in [-0.05, 0) is 50.0 Å². The number of likely N-dealkylation sites (N-methyl/N-ethyl adjacent to an activating group) is 1. The Morgan fingerprint density at radius 2 is 1.63 bits per heavy atom. The second kappa shape index (κ2) is 9.11. The largest absolute Gasteiger partial charge is 0.319 e. The Morgan fingerprint density at radius 1 is 1.05 bits per heavy atom. The van der Waals surface area contributed by atoms with Crippen LogP contribution in [0.4, 0.5) is 0 Å². The quantitative estimate of drug-likeness (QED) is 0.731. The smallest absolute Gasteiger partial charge is 0.0233 e. The summed E-state index contributed by atoms with van der Waals surface area (Å²) in [5.41, 5.74) is 2.86. The lowest BCUT2D eigenvalue weighted by Crippen LogP contribution is -2.24. The number of benzene rings is 1. The van der Waals surface area contributed by atoms with E-state index in [1.165, 1.54) is 37.1 Å². The molecule has 1 atom stereocenters. The summed E-state index contributed by atoms with van der Waals surface area (Å²) in [6.45, 7) is 11.3. The first-order chi connectivity index (χ1) is 9.21. The molecule has 0 bridgehead atoms. The normalized spacial score (nSPS) is 12.9. The number of rotatable bonds is 9. The van der Waals surface area contributed by atoms with Crippen molar-refractivity contribution in [1.82, 2.24) is 10.2 Å². The highest BCUT2D eigenvalue weighted by Crippen LogP contribution is 2.16. The molecule has 1 N–H and O–H groups in total. The van der Waals surface area contributed by atoms with Crippen molar-refractivity contribution in [2.75, 3.05) is 26.7 Å². The van der Waals surface area contributed by atoms with Crippen LogP contribution in [-0.2, 0) is 6.54 Å². The molecule has 0 saturated heterocycles. The van der Waals surface area contributed by atoms with E-state index in [2.05, 4.69) is 55.3 Å². The lowest BCUT2D eigenvalue weighted by atomic mass is 10.00. The van der Waals surface area contributed by atoms with Gasteiger partial charge in [-0.2, -0.15) is 0 Å². The molecule has 0 aliphatic rings. The molecule has 19 heavy (non-hydrogen) atoms. The second-order valence-corrected chi connectivity index (χ2v) is 5.48. The first kappa shape index (κ1) is 16.2. The molecule has 0 aliphatic heterocycles. The van der Waals surface area contributed by atoms with Gasteiger partial charge in [-0.15, -0.1) is 0 Å². The summed E-state index contributed by atoms with van der Waals surface area (Å²) in [5, 5.41) is 3.24. The molecule has 0 heterocycles. The van der Waals surface area contributed by atoms with Gasteiger partial charge in [0.2, 0.25) is 0 Å². The van der Waals surface area contributed by atoms with Crippen LogP contribution in [0.15, 0.2) is 24.3 Å². The molecule has 0 aromatic heterocycles. The fourth-order valence-corrected chi connectivity index (χ4v) is 2.54. The molecule has 1 aromatic rings. The van der Waals surface area contributed by atoms with Crippen LogP contribution in [0.5, 0.6) is 0 Å². The Labute approximate surface area is 119 Å². The van der Waals surface area contributed by atoms with Crippen molar-refractivity contribution in [1.29, 1.82) is 0 Å². The Morgan fingerprint density at radius 3 is 2.11 bits per heavy atom. The molecule has 1 aromatic carbocycles. The van der Waals surface area contributed by atoms with Crippen LogP contribution in [-0.4, -0.2) is 31.6 Å². The van der Waals surface area contributed by atoms with E-state index in [1.54, 1.807) is 0 Å². The van der Waals surface area contributed by atoms with Gasteiger partial charge >= 0.3 is 0 Å². The van der Waals surface area contributed by atoms with Gasteiger partial charge in [0.1, 0.15) is 0 Å². The summed E-state index contributed by atoms with van der Waals surface area (Å²) < 4.78 is 0. The lowest BCUT2D eigenvalue weighted by molar-refractivity contribution is 0.266. The molecule has 0 fully saturated rings. The summed E-state index contributed by atoms with van der Waals surface area (Å²) in [6.07, 6.45) is 2.47. The van der Waals surface area contributed by atoms with Crippen LogP contribution in [0, 0.1) is 0 Å². The van der Waals surface area contributed by atoms with E-state index in [4.69, 9.17) is 0 Å². The van der Waals surface area contributed by atoms with E-state index in [0.29, 0.717) is 5.92 Å². The van der Waals surface area contributed by atoms with Gasteiger partial charge in [0.25, 0.3) is 0 Å². The Balaban J connectivity index is 2.59. The highest BCUT2D eigenvalue weighted by Gasteiger charge is 2.06. The van der Waals surface area contributed by atoms with E-state index >= 15 is 0 Å². The Bertz CT molecular complexity index is 326. The molecule has 1 rings (SSSR count). The fourth-order valence-electron chi connectivity index (χ4n) is 2.54. The lowest BCUT2D eigenvalue weighted by Gasteiger charge is -2.21. The van der Waals surface area contributed by atoms with Gasteiger partial charge in [-0.25, -0.2) is 0 Å². The van der Waals surface area contributed by atoms with Crippen molar-refractivity contribution in [2.45, 2.75) is 46.1 Å². The van der Waals surface area contributed by atoms with Crippen molar-refractivity contribution < 1.29 is 0 Å². The van der Waals surface area contributed by atoms with Crippen LogP contribution in [0.2, 0.25) is 0 Å². The van der Waals surface area contributed by atoms with Gasteiger partial charge in [-0.3, -0.25) is 4.90 Å². The summed E-state index contributed by atoms with van der Waals surface area (Å²) >= 11 is 0. The minimum Gasteiger partial charge on any atom is -0.319 e. The van der Waals surface area contributed by atoms with Crippen LogP contribution >= 0.6 is 0 Å². The first-order valence-corrected chi connectivity index (χ1v) is 7.67. The summed E-state index contributed by atoms with van der Waals surface area (Å²) in [6, 6.07) is 9.15. The minimum atomic E-state index is 0.585. The maximum absolute atomic E-state index is 3.24. The molecule has 2 heteroatoms. The van der Waals surface area contributed by atoms with E-state index < -0.39 is 0 Å². The van der Waals surface area contributed by atoms with Crippen LogP contribution in [0.1, 0.15) is 50.7 Å². The number of nitrogens with zero attached hydrogens (tertiary/aromatic N) is 1. The third-order valence-corrected chi connectivity index (χ3v) is 3.54. The number of hydrogen-bond acceptors (Lipinski definition) is 2. The highest BCUT2D eigenvalue weighted by molar-refractivity contribution is 5.25. The average molecular weight is 262 g/mol. The zero-order chi connectivity index (χ0) is 14.1. The topological polar surface area (TPSA) is 15.3 Å². The third kappa shape index (κ3) is 5.75. The van der Waals surface area contributed by atoms with Crippen molar-refractivity contribution >= 4 is 0 Å². The maximum Gasteiger partial charge on any atom is 0.0233 e. The monoisotopic (exact) mass is 262 g/mol. The van der Waals surface area contributed by atoms with E-state index in [-0.39, 0.29) is 0 Å². The fraction of sp³-hybridized carbons (Fsp3) is 0.647. The van der Waals surface area contributed by atoms with Crippen molar-refractivity contribution in [3.63, 3.8) is 0 Å². The molecule has 0 aliphatic carbocycles. The van der Waals surface area contributed by atoms with Crippen LogP contribution in [0.25, 0.3) is 0 Å². The molecule has 1 unspecified atom stereocenters. The molecule has 108 valence electrons. The van der Waals surface area contributed by atoms with Crippen molar-refractivity contribution in [3.8, 4) is 0 Å². The molecule has 0 amide bonds. The van der Waals surface area contributed by atoms with Crippen molar-refractivity contribution in [2.24, 2.45) is 0 Å². The first-order valence-electron chi connectivity index (χ1n) is 7.67. The summed E-state index contributed by atoms with van der Waals surface area (Å²) in [7, 11) is 2.01. The van der Waals surface area contributed by atoms with Gasteiger partial charge in [-0.1, -0.05) is 45.0 Å². The standard InChI is InChI=1S/C17H30N2/c1-5-11-19(12-6-2)14-16-7-9-17(10-8-16)15(3)13-18-4/h7-10,15,18H,5-6,11-14H2,1-4H3. The average Bonchev–Trinajstić information content (AvgIpc) is 2.40. The Kier molecular flexibility index (Phi) is 7.76. The van der Waals surface area contributed by atoms with E-state index in [9.17, 15) is 0 Å². The van der Waals surface area contributed by atoms with Crippen LogP contribution < -0.4 is 5.32 Å². The summed E-state index contributed by atoms with van der Waals surface area (Å²) in [5.74, 6) is 0.585. The number of nitrogens with one attached hydrogen (secondary N) is 1. The van der Waals surface area contributed by atoms with E-state index in [1.807, 2.05) is 7.05 Å². The molecule has 2 nitrogen and oxygen atoms in total. The number of hydrogen-bond donors (Lipinski definition) is 1. The predicted octanol–water partition coefficient (Wildman–Crippen LogP) is 3.63. The highest BCUT2D eigenvalue weighted by atomic mass is 15.1.